The summed E-state index contributed by atoms with van der Waals surface area (Å²) in [6.45, 7) is 2.85. The van der Waals surface area contributed by atoms with Crippen LogP contribution in [0.2, 0.25) is 0 Å². The highest BCUT2D eigenvalue weighted by molar-refractivity contribution is 5.94. The van der Waals surface area contributed by atoms with Crippen LogP contribution >= 0.6 is 0 Å². The maximum atomic E-state index is 7.49. The molecule has 0 saturated heterocycles. The van der Waals surface area contributed by atoms with Crippen molar-refractivity contribution in [1.82, 2.24) is 4.98 Å². The van der Waals surface area contributed by atoms with Crippen LogP contribution in [0, 0.1) is 5.41 Å². The molecular weight excluding hydrogens is 254 g/mol. The molecule has 0 amide bonds. The van der Waals surface area contributed by atoms with Crippen LogP contribution in [0.3, 0.4) is 0 Å². The molecule has 0 aliphatic heterocycles. The molecular formula is C15H17N3O2. The second kappa shape index (κ2) is 6.56. The van der Waals surface area contributed by atoms with Crippen molar-refractivity contribution in [2.45, 2.75) is 13.5 Å². The average Bonchev–Trinajstić information content (AvgIpc) is 2.46. The minimum atomic E-state index is -0.0627. The summed E-state index contributed by atoms with van der Waals surface area (Å²) in [6, 6.07) is 11.1. The fourth-order valence-corrected chi connectivity index (χ4v) is 1.78. The Kier molecular flexibility index (Phi) is 4.55. The Morgan fingerprint density at radius 1 is 1.20 bits per heavy atom. The minimum absolute atomic E-state index is 0.0627. The van der Waals surface area contributed by atoms with Gasteiger partial charge in [-0.2, -0.15) is 0 Å². The first-order valence-corrected chi connectivity index (χ1v) is 6.34. The Bertz CT molecular complexity index is 599. The van der Waals surface area contributed by atoms with Gasteiger partial charge >= 0.3 is 0 Å². The van der Waals surface area contributed by atoms with Gasteiger partial charge in [-0.25, -0.2) is 0 Å². The van der Waals surface area contributed by atoms with Gasteiger partial charge in [0.15, 0.2) is 0 Å². The van der Waals surface area contributed by atoms with E-state index in [2.05, 4.69) is 4.98 Å². The zero-order chi connectivity index (χ0) is 14.4. The van der Waals surface area contributed by atoms with Crippen LogP contribution in [0.1, 0.15) is 18.2 Å². The van der Waals surface area contributed by atoms with E-state index in [1.165, 1.54) is 0 Å². The summed E-state index contributed by atoms with van der Waals surface area (Å²) in [5.41, 5.74) is 6.72. The second-order valence-electron chi connectivity index (χ2n) is 4.12. The Labute approximate surface area is 117 Å². The summed E-state index contributed by atoms with van der Waals surface area (Å²) in [5.74, 6) is 1.41. The second-order valence-corrected chi connectivity index (χ2v) is 4.12. The number of hydrogen-bond donors (Lipinski definition) is 2. The Balaban J connectivity index is 2.09. The maximum absolute atomic E-state index is 7.49. The molecule has 5 nitrogen and oxygen atoms in total. The van der Waals surface area contributed by atoms with Crippen molar-refractivity contribution in [2.24, 2.45) is 5.73 Å². The average molecular weight is 271 g/mol. The molecule has 0 aliphatic carbocycles. The van der Waals surface area contributed by atoms with Crippen LogP contribution in [0.4, 0.5) is 0 Å². The van der Waals surface area contributed by atoms with E-state index >= 15 is 0 Å². The molecule has 2 aromatic rings. The van der Waals surface area contributed by atoms with Crippen LogP contribution in [0.25, 0.3) is 0 Å². The lowest BCUT2D eigenvalue weighted by atomic mass is 10.2. The molecule has 0 aliphatic rings. The van der Waals surface area contributed by atoms with Crippen molar-refractivity contribution in [1.29, 1.82) is 5.41 Å². The van der Waals surface area contributed by atoms with E-state index in [-0.39, 0.29) is 5.84 Å². The van der Waals surface area contributed by atoms with Gasteiger partial charge in [-0.1, -0.05) is 12.1 Å². The highest BCUT2D eigenvalue weighted by Gasteiger charge is 2.07. The SMILES string of the molecule is CCOc1cccc(OCc2cccnc2C(=N)N)c1. The monoisotopic (exact) mass is 271 g/mol. The third-order valence-corrected chi connectivity index (χ3v) is 2.66. The highest BCUT2D eigenvalue weighted by atomic mass is 16.5. The number of pyridine rings is 1. The van der Waals surface area contributed by atoms with Gasteiger partial charge in [-0.05, 0) is 25.1 Å². The lowest BCUT2D eigenvalue weighted by molar-refractivity contribution is 0.299. The van der Waals surface area contributed by atoms with E-state index in [0.29, 0.717) is 24.7 Å². The number of nitrogens with two attached hydrogens (primary N) is 1. The standard InChI is InChI=1S/C15H17N3O2/c1-2-19-12-6-3-7-13(9-12)20-10-11-5-4-8-18-14(11)15(16)17/h3-9H,2,10H2,1H3,(H3,16,17). The zero-order valence-electron chi connectivity index (χ0n) is 11.3. The molecule has 0 spiro atoms. The quantitative estimate of drug-likeness (QED) is 0.624. The van der Waals surface area contributed by atoms with Crippen LogP contribution in [-0.4, -0.2) is 17.4 Å². The van der Waals surface area contributed by atoms with Crippen LogP contribution < -0.4 is 15.2 Å². The number of rotatable bonds is 6. The predicted molar refractivity (Wildman–Crippen MR) is 77.2 cm³/mol. The van der Waals surface area contributed by atoms with Gasteiger partial charge in [0.25, 0.3) is 0 Å². The van der Waals surface area contributed by atoms with Crippen molar-refractivity contribution < 1.29 is 9.47 Å². The van der Waals surface area contributed by atoms with Gasteiger partial charge in [0.1, 0.15) is 29.6 Å². The number of nitrogens with zero attached hydrogens (tertiary/aromatic N) is 1. The van der Waals surface area contributed by atoms with Gasteiger partial charge in [0.05, 0.1) is 6.61 Å². The Morgan fingerprint density at radius 3 is 2.65 bits per heavy atom. The van der Waals surface area contributed by atoms with Crippen molar-refractivity contribution >= 4 is 5.84 Å². The van der Waals surface area contributed by atoms with Gasteiger partial charge in [0.2, 0.25) is 0 Å². The number of ether oxygens (including phenoxy) is 2. The van der Waals surface area contributed by atoms with E-state index in [0.717, 1.165) is 11.3 Å². The van der Waals surface area contributed by atoms with Crippen LogP contribution in [0.15, 0.2) is 42.6 Å². The number of hydrogen-bond acceptors (Lipinski definition) is 4. The van der Waals surface area contributed by atoms with Gasteiger partial charge in [-0.15, -0.1) is 0 Å². The number of amidine groups is 1. The third kappa shape index (κ3) is 3.47. The van der Waals surface area contributed by atoms with E-state index in [4.69, 9.17) is 20.6 Å². The lowest BCUT2D eigenvalue weighted by Crippen LogP contribution is -2.16. The Morgan fingerprint density at radius 2 is 1.95 bits per heavy atom. The summed E-state index contributed by atoms with van der Waals surface area (Å²) < 4.78 is 11.1. The fraction of sp³-hybridized carbons (Fsp3) is 0.200. The molecule has 20 heavy (non-hydrogen) atoms. The summed E-state index contributed by atoms with van der Waals surface area (Å²) in [5, 5.41) is 7.49. The normalized spacial score (nSPS) is 10.1. The van der Waals surface area contributed by atoms with Gasteiger partial charge in [-0.3, -0.25) is 10.4 Å². The summed E-state index contributed by atoms with van der Waals surface area (Å²) in [4.78, 5) is 4.08. The van der Waals surface area contributed by atoms with Crippen molar-refractivity contribution in [3.63, 3.8) is 0 Å². The molecule has 1 aromatic carbocycles. The first kappa shape index (κ1) is 13.9. The molecule has 0 fully saturated rings. The maximum Gasteiger partial charge on any atom is 0.142 e. The zero-order valence-corrected chi connectivity index (χ0v) is 11.3. The van der Waals surface area contributed by atoms with E-state index in [9.17, 15) is 0 Å². The van der Waals surface area contributed by atoms with E-state index in [1.54, 1.807) is 12.3 Å². The minimum Gasteiger partial charge on any atom is -0.494 e. The third-order valence-electron chi connectivity index (χ3n) is 2.66. The summed E-state index contributed by atoms with van der Waals surface area (Å²) in [6.07, 6.45) is 1.61. The van der Waals surface area contributed by atoms with Crippen molar-refractivity contribution in [2.75, 3.05) is 6.61 Å². The number of nitrogen functional groups attached to an aromatic ring is 1. The molecule has 2 rings (SSSR count). The predicted octanol–water partition coefficient (Wildman–Crippen LogP) is 2.34. The van der Waals surface area contributed by atoms with Gasteiger partial charge in [0, 0.05) is 17.8 Å². The topological polar surface area (TPSA) is 81.2 Å². The molecule has 0 saturated carbocycles. The van der Waals surface area contributed by atoms with Crippen LogP contribution in [0.5, 0.6) is 11.5 Å². The number of aromatic nitrogens is 1. The highest BCUT2D eigenvalue weighted by Crippen LogP contribution is 2.20. The molecule has 104 valence electrons. The molecule has 1 aromatic heterocycles. The molecule has 0 bridgehead atoms. The molecule has 1 heterocycles. The molecule has 5 heteroatoms. The lowest BCUT2D eigenvalue weighted by Gasteiger charge is -2.10. The van der Waals surface area contributed by atoms with Crippen molar-refractivity contribution in [3.05, 3.63) is 53.9 Å². The molecule has 0 radical (unpaired) electrons. The van der Waals surface area contributed by atoms with Crippen molar-refractivity contribution in [3.8, 4) is 11.5 Å². The largest absolute Gasteiger partial charge is 0.494 e. The first-order chi connectivity index (χ1) is 9.70. The molecule has 0 atom stereocenters. The number of nitrogens with one attached hydrogen (secondary N) is 1. The van der Waals surface area contributed by atoms with E-state index < -0.39 is 0 Å². The number of benzene rings is 1. The first-order valence-electron chi connectivity index (χ1n) is 6.34. The summed E-state index contributed by atoms with van der Waals surface area (Å²) in [7, 11) is 0. The summed E-state index contributed by atoms with van der Waals surface area (Å²) >= 11 is 0. The fourth-order valence-electron chi connectivity index (χ4n) is 1.78. The van der Waals surface area contributed by atoms with Gasteiger partial charge < -0.3 is 15.2 Å². The molecule has 0 unspecified atom stereocenters. The van der Waals surface area contributed by atoms with E-state index in [1.807, 2.05) is 37.3 Å². The van der Waals surface area contributed by atoms with Crippen LogP contribution in [-0.2, 0) is 6.61 Å². The Hall–Kier alpha value is -2.56. The smallest absolute Gasteiger partial charge is 0.142 e. The molecule has 3 N–H and O–H groups in total.